The zero-order chi connectivity index (χ0) is 26.6. The Bertz CT molecular complexity index is 1420. The highest BCUT2D eigenvalue weighted by Crippen LogP contribution is 2.36. The number of halogens is 2. The second-order valence-electron chi connectivity index (χ2n) is 9.90. The summed E-state index contributed by atoms with van der Waals surface area (Å²) >= 11 is 12.1. The molecule has 2 bridgehead atoms. The summed E-state index contributed by atoms with van der Waals surface area (Å²) in [6.07, 6.45) is 2.86. The smallest absolute Gasteiger partial charge is 0.250 e. The molecule has 7 nitrogen and oxygen atoms in total. The van der Waals surface area contributed by atoms with Crippen LogP contribution in [0.5, 0.6) is 5.75 Å². The number of benzene rings is 2. The maximum absolute atomic E-state index is 12.4. The number of aromatic nitrogens is 1. The number of hydrogen-bond acceptors (Lipinski definition) is 5. The minimum atomic E-state index is -0.268. The maximum atomic E-state index is 12.4. The van der Waals surface area contributed by atoms with E-state index in [9.17, 15) is 9.59 Å². The third-order valence-corrected chi connectivity index (χ3v) is 7.69. The van der Waals surface area contributed by atoms with Crippen LogP contribution in [0.25, 0.3) is 0 Å². The Morgan fingerprint density at radius 3 is 2.79 bits per heavy atom. The molecule has 0 radical (unpaired) electrons. The molecule has 5 rings (SSSR count). The van der Waals surface area contributed by atoms with E-state index in [0.29, 0.717) is 34.1 Å². The number of ether oxygens (including phenoxy) is 1. The van der Waals surface area contributed by atoms with Crippen LogP contribution in [0.4, 0.5) is 0 Å². The molecule has 1 saturated heterocycles. The van der Waals surface area contributed by atoms with Crippen LogP contribution in [0.15, 0.2) is 64.5 Å². The molecule has 2 atom stereocenters. The third-order valence-electron chi connectivity index (χ3n) is 7.10. The highest BCUT2D eigenvalue weighted by molar-refractivity contribution is 6.35. The second-order valence-corrected chi connectivity index (χ2v) is 10.7. The van der Waals surface area contributed by atoms with Crippen molar-refractivity contribution in [2.24, 2.45) is 11.0 Å². The molecule has 1 fully saturated rings. The summed E-state index contributed by atoms with van der Waals surface area (Å²) in [5, 5.41) is 5.12. The quantitative estimate of drug-likeness (QED) is 0.319. The Kier molecular flexibility index (Phi) is 8.17. The van der Waals surface area contributed by atoms with Crippen molar-refractivity contribution in [3.63, 3.8) is 0 Å². The van der Waals surface area contributed by atoms with Gasteiger partial charge in [-0.25, -0.2) is 5.43 Å². The zero-order valence-corrected chi connectivity index (χ0v) is 22.7. The second kappa shape index (κ2) is 11.7. The monoisotopic (exact) mass is 552 g/mol. The summed E-state index contributed by atoms with van der Waals surface area (Å²) in [5.41, 5.74) is 6.43. The number of likely N-dealkylation sites (tertiary alicyclic amines) is 1. The van der Waals surface area contributed by atoms with E-state index >= 15 is 0 Å². The van der Waals surface area contributed by atoms with Crippen molar-refractivity contribution in [2.75, 3.05) is 19.7 Å². The van der Waals surface area contributed by atoms with Gasteiger partial charge in [0.2, 0.25) is 5.91 Å². The molecule has 3 heterocycles. The fourth-order valence-corrected chi connectivity index (χ4v) is 6.00. The molecule has 0 aliphatic carbocycles. The number of fused-ring (bicyclic) bond motifs is 4. The molecule has 1 aromatic heterocycles. The summed E-state index contributed by atoms with van der Waals surface area (Å²) in [4.78, 5) is 27.2. The number of nitrogens with one attached hydrogen (secondary N) is 1. The van der Waals surface area contributed by atoms with Gasteiger partial charge in [0.1, 0.15) is 5.75 Å². The van der Waals surface area contributed by atoms with E-state index in [1.165, 1.54) is 0 Å². The van der Waals surface area contributed by atoms with Crippen LogP contribution < -0.4 is 15.7 Å². The lowest BCUT2D eigenvalue weighted by Crippen LogP contribution is -2.46. The predicted molar refractivity (Wildman–Crippen MR) is 150 cm³/mol. The van der Waals surface area contributed by atoms with Crippen LogP contribution in [0.2, 0.25) is 10.0 Å². The van der Waals surface area contributed by atoms with Gasteiger partial charge in [0.05, 0.1) is 19.2 Å². The van der Waals surface area contributed by atoms with Crippen LogP contribution in [-0.4, -0.2) is 41.3 Å². The first-order chi connectivity index (χ1) is 18.4. The largest absolute Gasteiger partial charge is 0.494 e. The average Bonchev–Trinajstić information content (AvgIpc) is 2.88. The predicted octanol–water partition coefficient (Wildman–Crippen LogP) is 4.87. The summed E-state index contributed by atoms with van der Waals surface area (Å²) in [6, 6.07) is 16.6. The number of hydrazone groups is 1. The number of nitrogens with zero attached hydrogens (tertiary/aromatic N) is 3. The number of piperidine rings is 1. The van der Waals surface area contributed by atoms with Crippen molar-refractivity contribution in [3.8, 4) is 5.75 Å². The molecule has 38 heavy (non-hydrogen) atoms. The fraction of sp³-hybridized carbons (Fsp3) is 0.345. The minimum absolute atomic E-state index is 0.0969. The molecule has 2 unspecified atom stereocenters. The van der Waals surface area contributed by atoms with Crippen molar-refractivity contribution in [1.29, 1.82) is 0 Å². The van der Waals surface area contributed by atoms with Gasteiger partial charge in [-0.3, -0.25) is 14.5 Å². The van der Waals surface area contributed by atoms with Crippen molar-refractivity contribution >= 4 is 35.3 Å². The van der Waals surface area contributed by atoms with Crippen LogP contribution in [0, 0.1) is 5.92 Å². The number of amides is 1. The number of pyridine rings is 1. The van der Waals surface area contributed by atoms with E-state index in [0.717, 1.165) is 55.2 Å². The maximum Gasteiger partial charge on any atom is 0.250 e. The van der Waals surface area contributed by atoms with Gasteiger partial charge in [0, 0.05) is 59.5 Å². The molecule has 9 heteroatoms. The van der Waals surface area contributed by atoms with E-state index in [1.54, 1.807) is 30.5 Å². The van der Waals surface area contributed by atoms with E-state index in [4.69, 9.17) is 27.9 Å². The Hall–Kier alpha value is -3.13. The van der Waals surface area contributed by atoms with Crippen LogP contribution in [0.3, 0.4) is 0 Å². The Morgan fingerprint density at radius 2 is 1.97 bits per heavy atom. The van der Waals surface area contributed by atoms with Crippen molar-refractivity contribution in [1.82, 2.24) is 14.9 Å². The lowest BCUT2D eigenvalue weighted by atomic mass is 9.83. The fourth-order valence-electron chi connectivity index (χ4n) is 5.52. The van der Waals surface area contributed by atoms with E-state index in [2.05, 4.69) is 27.6 Å². The molecule has 3 aromatic rings. The lowest BCUT2D eigenvalue weighted by Gasteiger charge is -2.43. The van der Waals surface area contributed by atoms with E-state index < -0.39 is 0 Å². The first-order valence-electron chi connectivity index (χ1n) is 12.8. The van der Waals surface area contributed by atoms with Gasteiger partial charge in [-0.2, -0.15) is 5.10 Å². The average molecular weight is 553 g/mol. The summed E-state index contributed by atoms with van der Waals surface area (Å²) in [7, 11) is 0. The van der Waals surface area contributed by atoms with Crippen molar-refractivity contribution in [3.05, 3.63) is 97.4 Å². The highest BCUT2D eigenvalue weighted by Gasteiger charge is 2.34. The Morgan fingerprint density at radius 1 is 1.11 bits per heavy atom. The van der Waals surface area contributed by atoms with Gasteiger partial charge in [-0.05, 0) is 66.8 Å². The molecule has 2 aliphatic rings. The molecule has 0 spiro atoms. The number of hydrogen-bond donors (Lipinski definition) is 1. The molecule has 2 aliphatic heterocycles. The van der Waals surface area contributed by atoms with Gasteiger partial charge in [-0.1, -0.05) is 35.3 Å². The Balaban J connectivity index is 1.26. The topological polar surface area (TPSA) is 75.9 Å². The van der Waals surface area contributed by atoms with Crippen LogP contribution >= 0.6 is 23.2 Å². The summed E-state index contributed by atoms with van der Waals surface area (Å²) < 4.78 is 7.87. The van der Waals surface area contributed by atoms with Gasteiger partial charge >= 0.3 is 0 Å². The van der Waals surface area contributed by atoms with Crippen molar-refractivity contribution < 1.29 is 9.53 Å². The number of carbonyl (C=O) groups is 1. The molecular formula is C29H30Cl2N4O3. The minimum Gasteiger partial charge on any atom is -0.494 e. The normalized spacial score (nSPS) is 18.8. The van der Waals surface area contributed by atoms with Crippen molar-refractivity contribution in [2.45, 2.75) is 38.8 Å². The number of rotatable bonds is 8. The summed E-state index contributed by atoms with van der Waals surface area (Å²) in [5.74, 6) is 1.38. The summed E-state index contributed by atoms with van der Waals surface area (Å²) in [6.45, 7) is 5.89. The van der Waals surface area contributed by atoms with Gasteiger partial charge < -0.3 is 9.30 Å². The highest BCUT2D eigenvalue weighted by atomic mass is 35.5. The van der Waals surface area contributed by atoms with Gasteiger partial charge in [0.25, 0.3) is 5.56 Å². The molecule has 1 N–H and O–H groups in total. The molecular weight excluding hydrogens is 523 g/mol. The van der Waals surface area contributed by atoms with Crippen LogP contribution in [-0.2, 0) is 24.3 Å². The van der Waals surface area contributed by atoms with E-state index in [1.807, 2.05) is 29.7 Å². The van der Waals surface area contributed by atoms with Gasteiger partial charge in [-0.15, -0.1) is 0 Å². The first-order valence-corrected chi connectivity index (χ1v) is 13.6. The first kappa shape index (κ1) is 26.5. The zero-order valence-electron chi connectivity index (χ0n) is 21.2. The third kappa shape index (κ3) is 6.12. The SMILES string of the molecule is CCOc1ccc(C=NNC(=O)Cc2ccc(Cl)cc2Cl)cc1CN1CC2CC(C1)c1cccc(=O)n1C2. The number of carbonyl (C=O) groups excluding carboxylic acids is 1. The lowest BCUT2D eigenvalue weighted by molar-refractivity contribution is -0.120. The molecule has 0 saturated carbocycles. The molecule has 198 valence electrons. The van der Waals surface area contributed by atoms with Gasteiger partial charge in [0.15, 0.2) is 0 Å². The standard InChI is InChI=1S/C29H30Cl2N4O3/c1-2-38-27-9-6-19(14-32-33-28(36)12-21-7-8-24(30)13-25(21)31)10-23(27)18-34-15-20-11-22(17-34)26-4-3-5-29(37)35(26)16-20/h3-10,13-14,20,22H,2,11-12,15-18H2,1H3,(H,33,36). The molecule has 1 amide bonds. The van der Waals surface area contributed by atoms with Crippen LogP contribution in [0.1, 0.15) is 41.6 Å². The Labute approximate surface area is 232 Å². The van der Waals surface area contributed by atoms with E-state index in [-0.39, 0.29) is 17.9 Å². The molecule has 2 aromatic carbocycles.